The van der Waals surface area contributed by atoms with Crippen molar-refractivity contribution in [2.24, 2.45) is 11.3 Å². The summed E-state index contributed by atoms with van der Waals surface area (Å²) in [5.41, 5.74) is 3.84. The van der Waals surface area contributed by atoms with Crippen molar-refractivity contribution in [1.82, 2.24) is 0 Å². The molecular weight excluding hydrogens is 330 g/mol. The molecule has 1 saturated heterocycles. The summed E-state index contributed by atoms with van der Waals surface area (Å²) in [4.78, 5) is 0. The quantitative estimate of drug-likeness (QED) is 0.522. The van der Waals surface area contributed by atoms with Crippen LogP contribution < -0.4 is 0 Å². The van der Waals surface area contributed by atoms with Gasteiger partial charge in [-0.05, 0) is 62.5 Å². The summed E-state index contributed by atoms with van der Waals surface area (Å²) < 4.78 is 12.9. The van der Waals surface area contributed by atoms with Crippen LogP contribution in [0.25, 0.3) is 0 Å². The Labute approximate surface area is 158 Å². The van der Waals surface area contributed by atoms with Crippen LogP contribution >= 0.6 is 11.6 Å². The van der Waals surface area contributed by atoms with Crippen molar-refractivity contribution >= 4 is 18.7 Å². The van der Waals surface area contributed by atoms with Gasteiger partial charge in [-0.15, -0.1) is 11.6 Å². The van der Waals surface area contributed by atoms with Gasteiger partial charge in [0.2, 0.25) is 0 Å². The van der Waals surface area contributed by atoms with E-state index in [1.165, 1.54) is 29.5 Å². The number of aryl methyl sites for hydroxylation is 2. The molecule has 0 N–H and O–H groups in total. The van der Waals surface area contributed by atoms with Crippen LogP contribution in [0.1, 0.15) is 63.6 Å². The van der Waals surface area contributed by atoms with Crippen LogP contribution in [0.4, 0.5) is 0 Å². The first-order chi connectivity index (χ1) is 11.6. The highest BCUT2D eigenvalue weighted by Gasteiger charge is 2.58. The molecule has 1 heterocycles. The Hall–Kier alpha value is -0.505. The van der Waals surface area contributed by atoms with Gasteiger partial charge in [0.25, 0.3) is 0 Å². The Morgan fingerprint density at radius 1 is 1.28 bits per heavy atom. The third-order valence-corrected chi connectivity index (χ3v) is 6.57. The van der Waals surface area contributed by atoms with Gasteiger partial charge in [-0.1, -0.05) is 51.0 Å². The van der Waals surface area contributed by atoms with E-state index in [-0.39, 0.29) is 29.5 Å². The number of hydrogen-bond acceptors (Lipinski definition) is 2. The maximum absolute atomic E-state index is 6.77. The van der Waals surface area contributed by atoms with E-state index in [1.54, 1.807) is 0 Å². The van der Waals surface area contributed by atoms with E-state index in [0.29, 0.717) is 5.92 Å². The molecule has 2 fully saturated rings. The lowest BCUT2D eigenvalue weighted by molar-refractivity contribution is -0.0753. The molecule has 0 unspecified atom stereocenters. The average Bonchev–Trinajstić information content (AvgIpc) is 2.86. The Morgan fingerprint density at radius 3 is 2.64 bits per heavy atom. The molecule has 0 bridgehead atoms. The maximum atomic E-state index is 6.77. The van der Waals surface area contributed by atoms with Gasteiger partial charge in [-0.3, -0.25) is 0 Å². The average molecular weight is 363 g/mol. The lowest BCUT2D eigenvalue weighted by Crippen LogP contribution is -2.52. The number of hydrogen-bond donors (Lipinski definition) is 0. The second-order valence-corrected chi connectivity index (χ2v) is 9.85. The molecule has 4 atom stereocenters. The zero-order valence-corrected chi connectivity index (χ0v) is 17.3. The molecule has 1 aromatic carbocycles. The van der Waals surface area contributed by atoms with E-state index in [2.05, 4.69) is 59.7 Å². The van der Waals surface area contributed by atoms with Gasteiger partial charge >= 0.3 is 7.12 Å². The number of fused-ring (bicyclic) bond motifs is 1. The van der Waals surface area contributed by atoms with Crippen molar-refractivity contribution in [3.8, 4) is 0 Å². The second-order valence-electron chi connectivity index (χ2n) is 9.29. The van der Waals surface area contributed by atoms with Crippen LogP contribution in [-0.4, -0.2) is 24.1 Å². The molecule has 0 radical (unpaired) electrons. The standard InChI is InChI=1S/C21H32BClO2/c1-14-10-11-16(15(2)12-14)13-19(23)22-24-18-9-7-8-17(20(3,4)5)21(18,6)25-22/h10-12,17-19H,7-9,13H2,1-6H3/t17-,18+,19+,21-/m0/s1. The van der Waals surface area contributed by atoms with Crippen molar-refractivity contribution in [3.63, 3.8) is 0 Å². The second kappa shape index (κ2) is 6.90. The van der Waals surface area contributed by atoms with E-state index >= 15 is 0 Å². The minimum absolute atomic E-state index is 0.163. The van der Waals surface area contributed by atoms with E-state index < -0.39 is 0 Å². The fourth-order valence-corrected chi connectivity index (χ4v) is 5.22. The minimum atomic E-state index is -0.319. The first-order valence-electron chi connectivity index (χ1n) is 9.65. The van der Waals surface area contributed by atoms with Crippen LogP contribution in [0.3, 0.4) is 0 Å². The molecule has 4 heteroatoms. The largest absolute Gasteiger partial charge is 0.477 e. The summed E-state index contributed by atoms with van der Waals surface area (Å²) in [6.07, 6.45) is 4.43. The summed E-state index contributed by atoms with van der Waals surface area (Å²) in [6, 6.07) is 6.55. The van der Waals surface area contributed by atoms with Crippen molar-refractivity contribution in [3.05, 3.63) is 34.9 Å². The molecule has 2 aliphatic rings. The van der Waals surface area contributed by atoms with E-state index in [0.717, 1.165) is 12.8 Å². The summed E-state index contributed by atoms with van der Waals surface area (Å²) in [6.45, 7) is 13.5. The van der Waals surface area contributed by atoms with Gasteiger partial charge in [0, 0.05) is 0 Å². The van der Waals surface area contributed by atoms with Gasteiger partial charge in [0.05, 0.1) is 17.0 Å². The van der Waals surface area contributed by atoms with Crippen LogP contribution in [0.2, 0.25) is 0 Å². The molecule has 0 aromatic heterocycles. The number of alkyl halides is 1. The normalized spacial score (nSPS) is 31.1. The van der Waals surface area contributed by atoms with Gasteiger partial charge < -0.3 is 9.31 Å². The Bertz CT molecular complexity index is 627. The van der Waals surface area contributed by atoms with Crippen molar-refractivity contribution < 1.29 is 9.31 Å². The number of benzene rings is 1. The predicted octanol–water partition coefficient (Wildman–Crippen LogP) is 5.50. The van der Waals surface area contributed by atoms with Gasteiger partial charge in [-0.2, -0.15) is 0 Å². The smallest absolute Gasteiger partial charge is 0.404 e. The van der Waals surface area contributed by atoms with Gasteiger partial charge in [0.1, 0.15) is 0 Å². The molecule has 2 nitrogen and oxygen atoms in total. The van der Waals surface area contributed by atoms with Gasteiger partial charge in [0.15, 0.2) is 0 Å². The summed E-state index contributed by atoms with van der Waals surface area (Å²) in [7, 11) is -0.319. The SMILES string of the molecule is Cc1ccc(C[C@@H](Cl)B2O[C@@H]3CCC[C@@H](C(C)(C)C)[C@]3(C)O2)c(C)c1. The van der Waals surface area contributed by atoms with Crippen molar-refractivity contribution in [1.29, 1.82) is 0 Å². The molecular formula is C21H32BClO2. The van der Waals surface area contributed by atoms with E-state index in [4.69, 9.17) is 20.9 Å². The molecule has 138 valence electrons. The molecule has 25 heavy (non-hydrogen) atoms. The fourth-order valence-electron chi connectivity index (χ4n) is 4.94. The molecule has 0 amide bonds. The van der Waals surface area contributed by atoms with Crippen LogP contribution in [0, 0.1) is 25.2 Å². The summed E-state index contributed by atoms with van der Waals surface area (Å²) in [5, 5.41) is -0.163. The monoisotopic (exact) mass is 362 g/mol. The highest BCUT2D eigenvalue weighted by molar-refractivity contribution is 6.60. The lowest BCUT2D eigenvalue weighted by Gasteiger charge is -2.48. The molecule has 1 aliphatic carbocycles. The molecule has 1 aliphatic heterocycles. The molecule has 1 saturated carbocycles. The molecule has 0 spiro atoms. The maximum Gasteiger partial charge on any atom is 0.477 e. The molecule has 3 rings (SSSR count). The van der Waals surface area contributed by atoms with Crippen LogP contribution in [-0.2, 0) is 15.7 Å². The Balaban J connectivity index is 1.74. The first-order valence-corrected chi connectivity index (χ1v) is 10.1. The minimum Gasteiger partial charge on any atom is -0.404 e. The summed E-state index contributed by atoms with van der Waals surface area (Å²) >= 11 is 6.77. The zero-order chi connectivity index (χ0) is 18.4. The fraction of sp³-hybridized carbons (Fsp3) is 0.714. The van der Waals surface area contributed by atoms with Crippen molar-refractivity contribution in [2.75, 3.05) is 0 Å². The van der Waals surface area contributed by atoms with Gasteiger partial charge in [-0.25, -0.2) is 0 Å². The molecule has 1 aromatic rings. The van der Waals surface area contributed by atoms with Crippen LogP contribution in [0.5, 0.6) is 0 Å². The zero-order valence-electron chi connectivity index (χ0n) is 16.6. The third-order valence-electron chi connectivity index (χ3n) is 6.21. The van der Waals surface area contributed by atoms with Crippen LogP contribution in [0.15, 0.2) is 18.2 Å². The lowest BCUT2D eigenvalue weighted by atomic mass is 9.63. The first kappa shape index (κ1) is 19.3. The number of rotatable bonds is 3. The topological polar surface area (TPSA) is 18.5 Å². The highest BCUT2D eigenvalue weighted by atomic mass is 35.5. The number of halogens is 1. The third kappa shape index (κ3) is 3.79. The van der Waals surface area contributed by atoms with E-state index in [1.807, 2.05) is 0 Å². The Kier molecular flexibility index (Phi) is 5.32. The highest BCUT2D eigenvalue weighted by Crippen LogP contribution is 2.51. The van der Waals surface area contributed by atoms with Crippen molar-refractivity contribution in [2.45, 2.75) is 84.2 Å². The predicted molar refractivity (Wildman–Crippen MR) is 106 cm³/mol. The summed E-state index contributed by atoms with van der Waals surface area (Å²) in [5.74, 6) is 0.494. The Morgan fingerprint density at radius 2 is 2.00 bits per heavy atom. The van der Waals surface area contributed by atoms with E-state index in [9.17, 15) is 0 Å².